The first-order valence-corrected chi connectivity index (χ1v) is 6.76. The molecule has 0 spiro atoms. The van der Waals surface area contributed by atoms with Gasteiger partial charge in [-0.2, -0.15) is 0 Å². The molecule has 2 rings (SSSR count). The van der Waals surface area contributed by atoms with Gasteiger partial charge in [0.05, 0.1) is 5.69 Å². The zero-order chi connectivity index (χ0) is 16.1. The van der Waals surface area contributed by atoms with Crippen molar-refractivity contribution < 1.29 is 14.4 Å². The van der Waals surface area contributed by atoms with Crippen molar-refractivity contribution in [1.82, 2.24) is 0 Å². The second-order valence-electron chi connectivity index (χ2n) is 4.82. The molecule has 0 atom stereocenters. The highest BCUT2D eigenvalue weighted by molar-refractivity contribution is 6.06. The fraction of sp³-hybridized carbons (Fsp3) is 0.118. The van der Waals surface area contributed by atoms with Crippen molar-refractivity contribution in [1.29, 1.82) is 0 Å². The summed E-state index contributed by atoms with van der Waals surface area (Å²) in [7, 11) is 0. The number of anilines is 2. The minimum absolute atomic E-state index is 0.0778. The Morgan fingerprint density at radius 3 is 2.23 bits per heavy atom. The standard InChI is InChI=1S/C17H16N2O3/c1-11(20)13-6-5-7-14(10-13)18-17(22)19-16-9-4-3-8-15(16)12(2)21/h3-10H,1-2H3,(H2,18,19,22). The van der Waals surface area contributed by atoms with Crippen LogP contribution in [0.4, 0.5) is 16.2 Å². The monoisotopic (exact) mass is 296 g/mol. The van der Waals surface area contributed by atoms with Crippen LogP contribution in [0, 0.1) is 0 Å². The third-order valence-electron chi connectivity index (χ3n) is 3.08. The molecule has 0 saturated carbocycles. The van der Waals surface area contributed by atoms with Crippen LogP contribution < -0.4 is 10.6 Å². The summed E-state index contributed by atoms with van der Waals surface area (Å²) in [4.78, 5) is 34.9. The molecule has 5 heteroatoms. The normalized spacial score (nSPS) is 9.91. The molecule has 2 aromatic carbocycles. The van der Waals surface area contributed by atoms with E-state index in [1.807, 2.05) is 0 Å². The minimum atomic E-state index is -0.477. The molecular weight excluding hydrogens is 280 g/mol. The summed E-state index contributed by atoms with van der Waals surface area (Å²) in [6.45, 7) is 2.90. The molecule has 0 aromatic heterocycles. The maximum absolute atomic E-state index is 12.0. The smallest absolute Gasteiger partial charge is 0.308 e. The fourth-order valence-electron chi connectivity index (χ4n) is 2.00. The number of rotatable bonds is 4. The molecule has 0 unspecified atom stereocenters. The van der Waals surface area contributed by atoms with E-state index in [-0.39, 0.29) is 11.6 Å². The summed E-state index contributed by atoms with van der Waals surface area (Å²) in [5.74, 6) is -0.208. The summed E-state index contributed by atoms with van der Waals surface area (Å²) >= 11 is 0. The highest BCUT2D eigenvalue weighted by atomic mass is 16.2. The molecule has 0 aliphatic heterocycles. The highest BCUT2D eigenvalue weighted by Crippen LogP contribution is 2.17. The van der Waals surface area contributed by atoms with Crippen molar-refractivity contribution in [3.8, 4) is 0 Å². The number of urea groups is 1. The van der Waals surface area contributed by atoms with Crippen molar-refractivity contribution >= 4 is 29.0 Å². The summed E-state index contributed by atoms with van der Waals surface area (Å²) in [5, 5.41) is 5.27. The number of para-hydroxylation sites is 1. The average Bonchev–Trinajstić information content (AvgIpc) is 2.47. The first-order valence-electron chi connectivity index (χ1n) is 6.76. The van der Waals surface area contributed by atoms with E-state index in [0.717, 1.165) is 0 Å². The number of hydrogen-bond donors (Lipinski definition) is 2. The number of benzene rings is 2. The first-order chi connectivity index (χ1) is 10.5. The van der Waals surface area contributed by atoms with Gasteiger partial charge in [-0.25, -0.2) is 4.79 Å². The van der Waals surface area contributed by atoms with Gasteiger partial charge < -0.3 is 10.6 Å². The lowest BCUT2D eigenvalue weighted by atomic mass is 10.1. The molecule has 112 valence electrons. The third kappa shape index (κ3) is 3.79. The Morgan fingerprint density at radius 1 is 0.818 bits per heavy atom. The Bertz CT molecular complexity index is 738. The van der Waals surface area contributed by atoms with Crippen LogP contribution in [0.25, 0.3) is 0 Å². The molecule has 0 aliphatic carbocycles. The van der Waals surface area contributed by atoms with Gasteiger partial charge in [0.25, 0.3) is 0 Å². The largest absolute Gasteiger partial charge is 0.323 e. The lowest BCUT2D eigenvalue weighted by Gasteiger charge is -2.10. The van der Waals surface area contributed by atoms with Crippen molar-refractivity contribution in [3.63, 3.8) is 0 Å². The van der Waals surface area contributed by atoms with Gasteiger partial charge in [0.1, 0.15) is 0 Å². The number of Topliss-reactive ketones (excluding diaryl/α,β-unsaturated/α-hetero) is 2. The van der Waals surface area contributed by atoms with Gasteiger partial charge in [-0.1, -0.05) is 24.3 Å². The highest BCUT2D eigenvalue weighted by Gasteiger charge is 2.10. The molecule has 2 amide bonds. The lowest BCUT2D eigenvalue weighted by molar-refractivity contribution is 0.100. The molecule has 2 aromatic rings. The predicted molar refractivity (Wildman–Crippen MR) is 85.5 cm³/mol. The quantitative estimate of drug-likeness (QED) is 0.844. The number of amides is 2. The van der Waals surface area contributed by atoms with Crippen LogP contribution in [0.5, 0.6) is 0 Å². The minimum Gasteiger partial charge on any atom is -0.308 e. The molecule has 0 saturated heterocycles. The van der Waals surface area contributed by atoms with E-state index in [0.29, 0.717) is 22.5 Å². The molecule has 0 aliphatic rings. The maximum atomic E-state index is 12.0. The third-order valence-corrected chi connectivity index (χ3v) is 3.08. The van der Waals surface area contributed by atoms with Gasteiger partial charge in [-0.3, -0.25) is 9.59 Å². The van der Waals surface area contributed by atoms with E-state index < -0.39 is 6.03 Å². The van der Waals surface area contributed by atoms with Crippen LogP contribution >= 0.6 is 0 Å². The second-order valence-corrected chi connectivity index (χ2v) is 4.82. The van der Waals surface area contributed by atoms with Gasteiger partial charge in [-0.15, -0.1) is 0 Å². The number of nitrogens with one attached hydrogen (secondary N) is 2. The molecule has 0 radical (unpaired) electrons. The van der Waals surface area contributed by atoms with Gasteiger partial charge in [0, 0.05) is 16.8 Å². The van der Waals surface area contributed by atoms with Crippen LogP contribution in [-0.4, -0.2) is 17.6 Å². The Labute approximate surface area is 128 Å². The topological polar surface area (TPSA) is 75.3 Å². The van der Waals surface area contributed by atoms with E-state index in [9.17, 15) is 14.4 Å². The SMILES string of the molecule is CC(=O)c1cccc(NC(=O)Nc2ccccc2C(C)=O)c1. The number of carbonyl (C=O) groups excluding carboxylic acids is 3. The van der Waals surface area contributed by atoms with Crippen LogP contribution in [0.3, 0.4) is 0 Å². The van der Waals surface area contributed by atoms with E-state index in [4.69, 9.17) is 0 Å². The van der Waals surface area contributed by atoms with Crippen molar-refractivity contribution in [2.75, 3.05) is 10.6 Å². The van der Waals surface area contributed by atoms with Gasteiger partial charge in [0.2, 0.25) is 0 Å². The molecule has 0 bridgehead atoms. The molecular formula is C17H16N2O3. The Kier molecular flexibility index (Phi) is 4.68. The van der Waals surface area contributed by atoms with Crippen LogP contribution in [-0.2, 0) is 0 Å². The predicted octanol–water partition coefficient (Wildman–Crippen LogP) is 3.74. The van der Waals surface area contributed by atoms with Crippen LogP contribution in [0.15, 0.2) is 48.5 Å². The average molecular weight is 296 g/mol. The summed E-state index contributed by atoms with van der Waals surface area (Å²) in [5.41, 5.74) is 1.90. The summed E-state index contributed by atoms with van der Waals surface area (Å²) in [6.07, 6.45) is 0. The van der Waals surface area contributed by atoms with E-state index in [1.54, 1.807) is 48.5 Å². The van der Waals surface area contributed by atoms with Crippen molar-refractivity contribution in [2.45, 2.75) is 13.8 Å². The Morgan fingerprint density at radius 2 is 1.55 bits per heavy atom. The summed E-state index contributed by atoms with van der Waals surface area (Å²) in [6, 6.07) is 12.9. The molecule has 0 heterocycles. The zero-order valence-corrected chi connectivity index (χ0v) is 12.3. The van der Waals surface area contributed by atoms with Gasteiger partial charge in [0.15, 0.2) is 11.6 Å². The maximum Gasteiger partial charge on any atom is 0.323 e. The summed E-state index contributed by atoms with van der Waals surface area (Å²) < 4.78 is 0. The van der Waals surface area contributed by atoms with E-state index in [1.165, 1.54) is 13.8 Å². The zero-order valence-electron chi connectivity index (χ0n) is 12.3. The first kappa shape index (κ1) is 15.4. The number of hydrogen-bond acceptors (Lipinski definition) is 3. The van der Waals surface area contributed by atoms with Crippen LogP contribution in [0.1, 0.15) is 34.6 Å². The Hall–Kier alpha value is -2.95. The second kappa shape index (κ2) is 6.67. The van der Waals surface area contributed by atoms with E-state index >= 15 is 0 Å². The molecule has 2 N–H and O–H groups in total. The number of carbonyl (C=O) groups is 3. The molecule has 5 nitrogen and oxygen atoms in total. The molecule has 0 fully saturated rings. The molecule has 22 heavy (non-hydrogen) atoms. The lowest BCUT2D eigenvalue weighted by Crippen LogP contribution is -2.20. The number of ketones is 2. The van der Waals surface area contributed by atoms with Gasteiger partial charge >= 0.3 is 6.03 Å². The van der Waals surface area contributed by atoms with Crippen LogP contribution in [0.2, 0.25) is 0 Å². The Balaban J connectivity index is 2.12. The van der Waals surface area contributed by atoms with E-state index in [2.05, 4.69) is 10.6 Å². The van der Waals surface area contributed by atoms with Gasteiger partial charge in [-0.05, 0) is 38.1 Å². The van der Waals surface area contributed by atoms with Crippen molar-refractivity contribution in [2.24, 2.45) is 0 Å². The fourth-order valence-corrected chi connectivity index (χ4v) is 2.00. The van der Waals surface area contributed by atoms with Crippen molar-refractivity contribution in [3.05, 3.63) is 59.7 Å².